The van der Waals surface area contributed by atoms with E-state index in [1.54, 1.807) is 19.3 Å². The van der Waals surface area contributed by atoms with Crippen LogP contribution in [0.25, 0.3) is 0 Å². The predicted molar refractivity (Wildman–Crippen MR) is 64.4 cm³/mol. The van der Waals surface area contributed by atoms with E-state index in [1.165, 1.54) is 0 Å². The first kappa shape index (κ1) is 13.6. The Balaban J connectivity index is 4.89. The van der Waals surface area contributed by atoms with Crippen LogP contribution in [-0.2, 0) is 9.47 Å². The highest BCUT2D eigenvalue weighted by Gasteiger charge is 2.00. The van der Waals surface area contributed by atoms with E-state index in [0.29, 0.717) is 0 Å². The van der Waals surface area contributed by atoms with E-state index in [9.17, 15) is 0 Å². The van der Waals surface area contributed by atoms with Crippen molar-refractivity contribution >= 4 is 0 Å². The summed E-state index contributed by atoms with van der Waals surface area (Å²) in [6.07, 6.45) is 5.37. The van der Waals surface area contributed by atoms with Gasteiger partial charge in [-0.3, -0.25) is 0 Å². The quantitative estimate of drug-likeness (QED) is 0.490. The van der Waals surface area contributed by atoms with Crippen molar-refractivity contribution in [1.82, 2.24) is 0 Å². The molecule has 2 nitrogen and oxygen atoms in total. The summed E-state index contributed by atoms with van der Waals surface area (Å²) in [6.45, 7) is 13.2. The fraction of sp³-hybridized carbons (Fsp3) is 0.385. The summed E-state index contributed by atoms with van der Waals surface area (Å²) in [7, 11) is 1.62. The molecule has 0 saturated heterocycles. The molecular weight excluding hydrogens is 188 g/mol. The predicted octanol–water partition coefficient (Wildman–Crippen LogP) is 3.59. The number of allylic oxidation sites excluding steroid dienone is 4. The largest absolute Gasteiger partial charge is 0.497 e. The molecular formula is C13H20O2. The molecule has 0 rings (SSSR count). The Morgan fingerprint density at radius 3 is 2.13 bits per heavy atom. The van der Waals surface area contributed by atoms with Crippen molar-refractivity contribution in [2.45, 2.75) is 26.9 Å². The molecule has 0 amide bonds. The zero-order valence-electron chi connectivity index (χ0n) is 10.0. The van der Waals surface area contributed by atoms with Crippen molar-refractivity contribution in [1.29, 1.82) is 0 Å². The maximum atomic E-state index is 5.53. The van der Waals surface area contributed by atoms with Crippen molar-refractivity contribution in [2.24, 2.45) is 0 Å². The Hall–Kier alpha value is -1.44. The summed E-state index contributed by atoms with van der Waals surface area (Å²) < 4.78 is 10.7. The van der Waals surface area contributed by atoms with Gasteiger partial charge >= 0.3 is 0 Å². The number of methoxy groups -OCH3 is 1. The molecule has 2 heteroatoms. The molecule has 0 spiro atoms. The zero-order chi connectivity index (χ0) is 11.8. The zero-order valence-corrected chi connectivity index (χ0v) is 10.0. The Labute approximate surface area is 92.6 Å². The standard InChI is InChI=1S/C13H20O2/c1-7-12(15-10(3)4)9-11(5)13(8-2)14-6/h7-10H,1-2H2,3-6H3/b12-9+,13-11+. The Kier molecular flexibility index (Phi) is 6.27. The summed E-state index contributed by atoms with van der Waals surface area (Å²) in [5, 5.41) is 0. The summed E-state index contributed by atoms with van der Waals surface area (Å²) in [4.78, 5) is 0. The third-order valence-corrected chi connectivity index (χ3v) is 1.73. The lowest BCUT2D eigenvalue weighted by molar-refractivity contribution is 0.157. The van der Waals surface area contributed by atoms with Crippen LogP contribution in [-0.4, -0.2) is 13.2 Å². The first-order valence-electron chi connectivity index (χ1n) is 4.93. The van der Waals surface area contributed by atoms with Gasteiger partial charge in [0, 0.05) is 0 Å². The normalized spacial score (nSPS) is 13.3. The fourth-order valence-electron chi connectivity index (χ4n) is 1.10. The van der Waals surface area contributed by atoms with E-state index < -0.39 is 0 Å². The molecule has 0 aromatic rings. The van der Waals surface area contributed by atoms with E-state index in [-0.39, 0.29) is 6.10 Å². The molecule has 0 fully saturated rings. The van der Waals surface area contributed by atoms with Crippen LogP contribution in [0, 0.1) is 0 Å². The first-order chi connectivity index (χ1) is 7.04. The van der Waals surface area contributed by atoms with Gasteiger partial charge in [-0.15, -0.1) is 0 Å². The molecule has 84 valence electrons. The molecule has 0 aliphatic rings. The third-order valence-electron chi connectivity index (χ3n) is 1.73. The fourth-order valence-corrected chi connectivity index (χ4v) is 1.10. The van der Waals surface area contributed by atoms with Crippen molar-refractivity contribution in [2.75, 3.05) is 7.11 Å². The molecule has 15 heavy (non-hydrogen) atoms. The van der Waals surface area contributed by atoms with Crippen LogP contribution in [0.15, 0.2) is 48.5 Å². The SMILES string of the molecule is C=C/C(=C\C(C)=C(/C=C)OC)OC(C)C. The van der Waals surface area contributed by atoms with Gasteiger partial charge in [-0.1, -0.05) is 13.2 Å². The van der Waals surface area contributed by atoms with Crippen molar-refractivity contribution in [3.05, 3.63) is 48.5 Å². The van der Waals surface area contributed by atoms with Crippen LogP contribution in [0.2, 0.25) is 0 Å². The Morgan fingerprint density at radius 1 is 1.20 bits per heavy atom. The van der Waals surface area contributed by atoms with Crippen LogP contribution in [0.5, 0.6) is 0 Å². The van der Waals surface area contributed by atoms with E-state index in [1.807, 2.05) is 26.8 Å². The van der Waals surface area contributed by atoms with Crippen molar-refractivity contribution in [3.8, 4) is 0 Å². The highest BCUT2D eigenvalue weighted by atomic mass is 16.5. The van der Waals surface area contributed by atoms with Gasteiger partial charge in [0.1, 0.15) is 11.5 Å². The number of ether oxygens (including phenoxy) is 2. The van der Waals surface area contributed by atoms with Crippen LogP contribution in [0.1, 0.15) is 20.8 Å². The van der Waals surface area contributed by atoms with Gasteiger partial charge in [0.05, 0.1) is 13.2 Å². The average Bonchev–Trinajstić information content (AvgIpc) is 2.17. The minimum atomic E-state index is 0.136. The molecule has 0 aromatic heterocycles. The van der Waals surface area contributed by atoms with Crippen molar-refractivity contribution < 1.29 is 9.47 Å². The maximum Gasteiger partial charge on any atom is 0.121 e. The van der Waals surface area contributed by atoms with Crippen LogP contribution < -0.4 is 0 Å². The van der Waals surface area contributed by atoms with Gasteiger partial charge in [-0.25, -0.2) is 0 Å². The van der Waals surface area contributed by atoms with Crippen LogP contribution in [0.4, 0.5) is 0 Å². The number of hydrogen-bond acceptors (Lipinski definition) is 2. The molecule has 0 unspecified atom stereocenters. The summed E-state index contributed by atoms with van der Waals surface area (Å²) in [6, 6.07) is 0. The minimum Gasteiger partial charge on any atom is -0.497 e. The van der Waals surface area contributed by atoms with Gasteiger partial charge in [0.15, 0.2) is 0 Å². The number of hydrogen-bond donors (Lipinski definition) is 0. The lowest BCUT2D eigenvalue weighted by atomic mass is 10.2. The van der Waals surface area contributed by atoms with Gasteiger partial charge in [-0.2, -0.15) is 0 Å². The van der Waals surface area contributed by atoms with E-state index in [0.717, 1.165) is 17.1 Å². The average molecular weight is 208 g/mol. The van der Waals surface area contributed by atoms with E-state index in [4.69, 9.17) is 9.47 Å². The summed E-state index contributed by atoms with van der Waals surface area (Å²) in [5.74, 6) is 1.47. The lowest BCUT2D eigenvalue weighted by Gasteiger charge is -2.11. The second-order valence-electron chi connectivity index (χ2n) is 3.37. The molecule has 0 aliphatic carbocycles. The lowest BCUT2D eigenvalue weighted by Crippen LogP contribution is -2.01. The van der Waals surface area contributed by atoms with E-state index in [2.05, 4.69) is 13.2 Å². The smallest absolute Gasteiger partial charge is 0.121 e. The molecule has 0 saturated carbocycles. The van der Waals surface area contributed by atoms with Gasteiger partial charge < -0.3 is 9.47 Å². The summed E-state index contributed by atoms with van der Waals surface area (Å²) in [5.41, 5.74) is 0.961. The first-order valence-corrected chi connectivity index (χ1v) is 4.93. The highest BCUT2D eigenvalue weighted by molar-refractivity contribution is 5.30. The molecule has 0 radical (unpaired) electrons. The Morgan fingerprint density at radius 2 is 1.80 bits per heavy atom. The molecule has 0 bridgehead atoms. The second kappa shape index (κ2) is 6.93. The van der Waals surface area contributed by atoms with E-state index >= 15 is 0 Å². The topological polar surface area (TPSA) is 18.5 Å². The van der Waals surface area contributed by atoms with Crippen LogP contribution in [0.3, 0.4) is 0 Å². The maximum absolute atomic E-state index is 5.53. The molecule has 0 aliphatic heterocycles. The second-order valence-corrected chi connectivity index (χ2v) is 3.37. The van der Waals surface area contributed by atoms with Crippen molar-refractivity contribution in [3.63, 3.8) is 0 Å². The Bertz CT molecular complexity index is 283. The molecule has 0 atom stereocenters. The minimum absolute atomic E-state index is 0.136. The molecule has 0 aromatic carbocycles. The monoisotopic (exact) mass is 208 g/mol. The molecule has 0 heterocycles. The van der Waals surface area contributed by atoms with Crippen LogP contribution >= 0.6 is 0 Å². The number of rotatable bonds is 6. The third kappa shape index (κ3) is 5.11. The summed E-state index contributed by atoms with van der Waals surface area (Å²) >= 11 is 0. The van der Waals surface area contributed by atoms with Gasteiger partial charge in [0.2, 0.25) is 0 Å². The molecule has 0 N–H and O–H groups in total. The van der Waals surface area contributed by atoms with Gasteiger partial charge in [-0.05, 0) is 44.6 Å². The van der Waals surface area contributed by atoms with Gasteiger partial charge in [0.25, 0.3) is 0 Å². The highest BCUT2D eigenvalue weighted by Crippen LogP contribution is 2.12.